The first-order chi connectivity index (χ1) is 8.82. The van der Waals surface area contributed by atoms with Gasteiger partial charge in [-0.2, -0.15) is 0 Å². The minimum atomic E-state index is -0.504. The molecule has 7 heteroatoms. The lowest BCUT2D eigenvalue weighted by molar-refractivity contribution is -0.384. The minimum absolute atomic E-state index is 0.0991. The maximum Gasteiger partial charge on any atom is 0.293 e. The average molecular weight is 381 g/mol. The van der Waals surface area contributed by atoms with Crippen LogP contribution >= 0.6 is 22.6 Å². The summed E-state index contributed by atoms with van der Waals surface area (Å²) in [7, 11) is 1.97. The number of nitro groups is 1. The molecule has 0 fully saturated rings. The second-order valence-corrected chi connectivity index (χ2v) is 5.70. The Morgan fingerprint density at radius 2 is 2.16 bits per heavy atom. The van der Waals surface area contributed by atoms with E-state index in [1.54, 1.807) is 22.6 Å². The van der Waals surface area contributed by atoms with Gasteiger partial charge >= 0.3 is 0 Å². The fraction of sp³-hybridized carbons (Fsp3) is 0.500. The van der Waals surface area contributed by atoms with Gasteiger partial charge in [0.25, 0.3) is 5.69 Å². The summed E-state index contributed by atoms with van der Waals surface area (Å²) in [6.07, 6.45) is 0. The number of nitrogens with one attached hydrogen (secondary N) is 1. The van der Waals surface area contributed by atoms with Gasteiger partial charge in [0, 0.05) is 31.3 Å². The van der Waals surface area contributed by atoms with Crippen molar-refractivity contribution in [2.45, 2.75) is 19.9 Å². The molecule has 0 aliphatic heterocycles. The Kier molecular flexibility index (Phi) is 5.92. The molecule has 1 aromatic rings. The summed E-state index contributed by atoms with van der Waals surface area (Å²) in [5, 5.41) is 13.8. The van der Waals surface area contributed by atoms with E-state index in [1.165, 1.54) is 12.1 Å². The Morgan fingerprint density at radius 3 is 2.68 bits per heavy atom. The molecule has 1 aromatic carbocycles. The van der Waals surface area contributed by atoms with Crippen LogP contribution < -0.4 is 5.32 Å². The van der Waals surface area contributed by atoms with Crippen LogP contribution in [0.1, 0.15) is 13.8 Å². The van der Waals surface area contributed by atoms with Gasteiger partial charge < -0.3 is 10.2 Å². The number of hydrogen-bond donors (Lipinski definition) is 1. The van der Waals surface area contributed by atoms with Crippen LogP contribution in [0.4, 0.5) is 15.8 Å². The Morgan fingerprint density at radius 1 is 1.53 bits per heavy atom. The predicted octanol–water partition coefficient (Wildman–Crippen LogP) is 3.09. The second-order valence-electron chi connectivity index (χ2n) is 4.54. The Bertz CT molecular complexity index is 469. The third kappa shape index (κ3) is 4.57. The molecule has 0 aliphatic rings. The number of anilines is 1. The van der Waals surface area contributed by atoms with Crippen molar-refractivity contribution in [1.82, 2.24) is 4.90 Å². The maximum absolute atomic E-state index is 13.5. The highest BCUT2D eigenvalue weighted by Gasteiger charge is 2.17. The van der Waals surface area contributed by atoms with Gasteiger partial charge in [0.05, 0.1) is 8.49 Å². The summed E-state index contributed by atoms with van der Waals surface area (Å²) < 4.78 is 13.7. The van der Waals surface area contributed by atoms with Crippen LogP contribution in [0.25, 0.3) is 0 Å². The van der Waals surface area contributed by atoms with Crippen LogP contribution in [0.3, 0.4) is 0 Å². The van der Waals surface area contributed by atoms with Crippen molar-refractivity contribution in [3.05, 3.63) is 31.6 Å². The molecular weight excluding hydrogens is 364 g/mol. The number of nitrogens with zero attached hydrogens (tertiary/aromatic N) is 2. The molecule has 106 valence electrons. The SMILES string of the molecule is CC(C)N(C)CCNc1cc(F)c(I)cc1[N+](=O)[O-]. The largest absolute Gasteiger partial charge is 0.378 e. The molecule has 0 bridgehead atoms. The van der Waals surface area contributed by atoms with E-state index in [0.717, 1.165) is 6.54 Å². The molecule has 0 aliphatic carbocycles. The highest BCUT2D eigenvalue weighted by molar-refractivity contribution is 14.1. The molecule has 19 heavy (non-hydrogen) atoms. The van der Waals surface area contributed by atoms with E-state index in [2.05, 4.69) is 24.1 Å². The van der Waals surface area contributed by atoms with E-state index in [-0.39, 0.29) is 14.9 Å². The monoisotopic (exact) mass is 381 g/mol. The van der Waals surface area contributed by atoms with Crippen molar-refractivity contribution < 1.29 is 9.31 Å². The van der Waals surface area contributed by atoms with Crippen molar-refractivity contribution in [3.63, 3.8) is 0 Å². The lowest BCUT2D eigenvalue weighted by Gasteiger charge is -2.21. The summed E-state index contributed by atoms with van der Waals surface area (Å²) in [6, 6.07) is 2.81. The number of benzene rings is 1. The number of likely N-dealkylation sites (N-methyl/N-ethyl adjacent to an activating group) is 1. The molecule has 0 heterocycles. The molecule has 0 spiro atoms. The summed E-state index contributed by atoms with van der Waals surface area (Å²) in [6.45, 7) is 5.37. The smallest absolute Gasteiger partial charge is 0.293 e. The zero-order chi connectivity index (χ0) is 14.6. The van der Waals surface area contributed by atoms with Gasteiger partial charge in [-0.1, -0.05) is 0 Å². The first-order valence-electron chi connectivity index (χ1n) is 5.90. The topological polar surface area (TPSA) is 58.4 Å². The fourth-order valence-electron chi connectivity index (χ4n) is 1.45. The first-order valence-corrected chi connectivity index (χ1v) is 6.98. The summed E-state index contributed by atoms with van der Waals surface area (Å²) in [4.78, 5) is 12.5. The number of nitro benzene ring substituents is 1. The maximum atomic E-state index is 13.5. The van der Waals surface area contributed by atoms with Gasteiger partial charge in [0.1, 0.15) is 11.5 Å². The van der Waals surface area contributed by atoms with E-state index in [9.17, 15) is 14.5 Å². The van der Waals surface area contributed by atoms with Crippen LogP contribution in [0.2, 0.25) is 0 Å². The van der Waals surface area contributed by atoms with E-state index >= 15 is 0 Å². The highest BCUT2D eigenvalue weighted by Crippen LogP contribution is 2.28. The van der Waals surface area contributed by atoms with Crippen LogP contribution in [0, 0.1) is 19.5 Å². The van der Waals surface area contributed by atoms with Gasteiger partial charge in [-0.3, -0.25) is 10.1 Å². The van der Waals surface area contributed by atoms with E-state index < -0.39 is 10.7 Å². The molecule has 1 rings (SSSR count). The van der Waals surface area contributed by atoms with Gasteiger partial charge in [0.2, 0.25) is 0 Å². The van der Waals surface area contributed by atoms with Crippen molar-refractivity contribution in [3.8, 4) is 0 Å². The third-order valence-electron chi connectivity index (χ3n) is 2.90. The molecule has 0 aromatic heterocycles. The highest BCUT2D eigenvalue weighted by atomic mass is 127. The molecule has 1 N–H and O–H groups in total. The van der Waals surface area contributed by atoms with Crippen molar-refractivity contribution in [2.75, 3.05) is 25.5 Å². The molecule has 0 unspecified atom stereocenters. The van der Waals surface area contributed by atoms with Crippen LogP contribution in [0.15, 0.2) is 12.1 Å². The van der Waals surface area contributed by atoms with Gasteiger partial charge in [-0.25, -0.2) is 4.39 Å². The lowest BCUT2D eigenvalue weighted by Crippen LogP contribution is -2.31. The zero-order valence-electron chi connectivity index (χ0n) is 11.1. The minimum Gasteiger partial charge on any atom is -0.378 e. The Labute approximate surface area is 125 Å². The molecule has 0 saturated carbocycles. The molecular formula is C12H17FIN3O2. The van der Waals surface area contributed by atoms with Crippen molar-refractivity contribution in [1.29, 1.82) is 0 Å². The molecule has 5 nitrogen and oxygen atoms in total. The van der Waals surface area contributed by atoms with Crippen molar-refractivity contribution >= 4 is 34.0 Å². The summed E-state index contributed by atoms with van der Waals surface area (Å²) >= 11 is 1.74. The first kappa shape index (κ1) is 16.1. The lowest BCUT2D eigenvalue weighted by atomic mass is 10.2. The van der Waals surface area contributed by atoms with Gasteiger partial charge in [0.15, 0.2) is 0 Å². The molecule has 0 saturated heterocycles. The quantitative estimate of drug-likeness (QED) is 0.468. The number of hydrogen-bond acceptors (Lipinski definition) is 4. The van der Waals surface area contributed by atoms with Gasteiger partial charge in [-0.15, -0.1) is 0 Å². The van der Waals surface area contributed by atoms with Crippen LogP contribution in [-0.4, -0.2) is 36.0 Å². The third-order valence-corrected chi connectivity index (χ3v) is 3.72. The average Bonchev–Trinajstić information content (AvgIpc) is 2.32. The van der Waals surface area contributed by atoms with E-state index in [0.29, 0.717) is 12.6 Å². The normalized spacial score (nSPS) is 11.1. The molecule has 0 amide bonds. The standard InChI is InChI=1S/C12H17FIN3O2/c1-8(2)16(3)5-4-15-11-6-9(13)10(14)7-12(11)17(18)19/h6-8,15H,4-5H2,1-3H3. The van der Waals surface area contributed by atoms with Crippen molar-refractivity contribution in [2.24, 2.45) is 0 Å². The van der Waals surface area contributed by atoms with Crippen LogP contribution in [-0.2, 0) is 0 Å². The van der Waals surface area contributed by atoms with Crippen LogP contribution in [0.5, 0.6) is 0 Å². The number of halogens is 2. The summed E-state index contributed by atoms with van der Waals surface area (Å²) in [5.74, 6) is -0.453. The Balaban J connectivity index is 2.77. The fourth-order valence-corrected chi connectivity index (χ4v) is 1.90. The van der Waals surface area contributed by atoms with E-state index in [4.69, 9.17) is 0 Å². The van der Waals surface area contributed by atoms with Gasteiger partial charge in [-0.05, 0) is 43.5 Å². The Hall–Kier alpha value is -0.960. The molecule has 0 radical (unpaired) electrons. The second kappa shape index (κ2) is 6.99. The summed E-state index contributed by atoms with van der Waals surface area (Å²) in [5.41, 5.74) is 0.123. The van der Waals surface area contributed by atoms with E-state index in [1.807, 2.05) is 7.05 Å². The molecule has 0 atom stereocenters. The zero-order valence-corrected chi connectivity index (χ0v) is 13.3. The predicted molar refractivity (Wildman–Crippen MR) is 82.0 cm³/mol. The number of rotatable bonds is 6.